The Hall–Kier alpha value is -2.14. The number of hydrogen-bond donors (Lipinski definition) is 0. The van der Waals surface area contributed by atoms with Crippen molar-refractivity contribution in [3.63, 3.8) is 0 Å². The van der Waals surface area contributed by atoms with E-state index in [0.29, 0.717) is 11.8 Å². The second kappa shape index (κ2) is 9.56. The lowest BCUT2D eigenvalue weighted by molar-refractivity contribution is 0.209. The topological polar surface area (TPSA) is 9.72 Å². The van der Waals surface area contributed by atoms with Gasteiger partial charge in [0.15, 0.2) is 0 Å². The van der Waals surface area contributed by atoms with Gasteiger partial charge in [-0.1, -0.05) is 54.1 Å². The minimum Gasteiger partial charge on any atom is -0.369 e. The van der Waals surface area contributed by atoms with Gasteiger partial charge in [0, 0.05) is 68.8 Å². The zero-order valence-electron chi connectivity index (χ0n) is 18.5. The Balaban J connectivity index is 1.25. The van der Waals surface area contributed by atoms with Crippen LogP contribution in [0.25, 0.3) is 0 Å². The van der Waals surface area contributed by atoms with Crippen molar-refractivity contribution >= 4 is 17.0 Å². The molecule has 2 aliphatic heterocycles. The zero-order chi connectivity index (χ0) is 21.0. The van der Waals surface area contributed by atoms with E-state index in [4.69, 9.17) is 0 Å². The van der Waals surface area contributed by atoms with Gasteiger partial charge in [-0.15, -0.1) is 11.3 Å². The summed E-state index contributed by atoms with van der Waals surface area (Å²) in [6.07, 6.45) is 0. The average Bonchev–Trinajstić information content (AvgIpc) is 3.46. The normalized spacial score (nSPS) is 22.8. The van der Waals surface area contributed by atoms with E-state index in [2.05, 4.69) is 93.7 Å². The first-order valence-electron chi connectivity index (χ1n) is 11.6. The van der Waals surface area contributed by atoms with E-state index < -0.39 is 0 Å². The third-order valence-electron chi connectivity index (χ3n) is 6.97. The number of aryl methyl sites for hydroxylation is 1. The number of para-hydroxylation sites is 1. The minimum atomic E-state index is 0.632. The minimum absolute atomic E-state index is 0.632. The summed E-state index contributed by atoms with van der Waals surface area (Å²) in [5, 5.41) is 2.20. The summed E-state index contributed by atoms with van der Waals surface area (Å²) in [6, 6.07) is 24.6. The van der Waals surface area contributed by atoms with Crippen LogP contribution in [0.3, 0.4) is 0 Å². The predicted molar refractivity (Wildman–Crippen MR) is 132 cm³/mol. The van der Waals surface area contributed by atoms with Crippen LogP contribution in [0, 0.1) is 12.8 Å². The van der Waals surface area contributed by atoms with Crippen LogP contribution in [-0.4, -0.2) is 55.6 Å². The van der Waals surface area contributed by atoms with Crippen molar-refractivity contribution in [1.29, 1.82) is 0 Å². The summed E-state index contributed by atoms with van der Waals surface area (Å²) in [7, 11) is 0. The molecule has 3 heterocycles. The molecular formula is C27H33N3S. The molecule has 3 nitrogen and oxygen atoms in total. The molecule has 0 aliphatic carbocycles. The highest BCUT2D eigenvalue weighted by atomic mass is 32.1. The van der Waals surface area contributed by atoms with Crippen molar-refractivity contribution in [3.8, 4) is 0 Å². The maximum atomic E-state index is 2.71. The Morgan fingerprint density at radius 3 is 2.29 bits per heavy atom. The number of likely N-dealkylation sites (tertiary alicyclic amines) is 1. The average molecular weight is 432 g/mol. The molecule has 0 saturated carbocycles. The van der Waals surface area contributed by atoms with E-state index in [1.165, 1.54) is 41.3 Å². The molecule has 5 rings (SSSR count). The highest BCUT2D eigenvalue weighted by Gasteiger charge is 2.35. The number of anilines is 1. The molecular weight excluding hydrogens is 398 g/mol. The highest BCUT2D eigenvalue weighted by Crippen LogP contribution is 2.35. The van der Waals surface area contributed by atoms with E-state index in [1.807, 2.05) is 11.3 Å². The van der Waals surface area contributed by atoms with E-state index in [0.717, 1.165) is 32.7 Å². The smallest absolute Gasteiger partial charge is 0.0367 e. The van der Waals surface area contributed by atoms with Crippen LogP contribution < -0.4 is 4.90 Å². The maximum absolute atomic E-state index is 2.71. The number of piperazine rings is 1. The second-order valence-electron chi connectivity index (χ2n) is 9.17. The fourth-order valence-corrected chi connectivity index (χ4v) is 5.99. The van der Waals surface area contributed by atoms with Crippen molar-refractivity contribution in [2.75, 3.05) is 50.7 Å². The molecule has 2 saturated heterocycles. The lowest BCUT2D eigenvalue weighted by Gasteiger charge is -2.38. The lowest BCUT2D eigenvalue weighted by Crippen LogP contribution is -2.48. The number of hydrogen-bond acceptors (Lipinski definition) is 4. The summed E-state index contributed by atoms with van der Waals surface area (Å²) in [5.41, 5.74) is 4.24. The molecule has 2 aromatic carbocycles. The van der Waals surface area contributed by atoms with Gasteiger partial charge in [-0.2, -0.15) is 0 Å². The highest BCUT2D eigenvalue weighted by molar-refractivity contribution is 7.09. The van der Waals surface area contributed by atoms with Crippen molar-refractivity contribution in [2.45, 2.75) is 19.4 Å². The first kappa shape index (κ1) is 20.7. The van der Waals surface area contributed by atoms with Crippen LogP contribution in [0.4, 0.5) is 5.69 Å². The Kier molecular flexibility index (Phi) is 6.40. The van der Waals surface area contributed by atoms with Crippen molar-refractivity contribution in [3.05, 3.63) is 88.1 Å². The fraction of sp³-hybridized carbons (Fsp3) is 0.407. The summed E-state index contributed by atoms with van der Waals surface area (Å²) in [5.74, 6) is 1.33. The van der Waals surface area contributed by atoms with Crippen LogP contribution in [0.2, 0.25) is 0 Å². The molecule has 0 unspecified atom stereocenters. The van der Waals surface area contributed by atoms with Gasteiger partial charge in [-0.25, -0.2) is 0 Å². The van der Waals surface area contributed by atoms with Crippen LogP contribution in [0.5, 0.6) is 0 Å². The van der Waals surface area contributed by atoms with Crippen molar-refractivity contribution in [2.24, 2.45) is 5.92 Å². The van der Waals surface area contributed by atoms with Gasteiger partial charge in [-0.05, 0) is 42.0 Å². The maximum Gasteiger partial charge on any atom is 0.0367 e. The number of thiophene rings is 1. The summed E-state index contributed by atoms with van der Waals surface area (Å²) in [4.78, 5) is 9.41. The van der Waals surface area contributed by atoms with Gasteiger partial charge in [0.25, 0.3) is 0 Å². The van der Waals surface area contributed by atoms with Gasteiger partial charge in [-0.3, -0.25) is 9.80 Å². The quantitative estimate of drug-likeness (QED) is 0.538. The number of rotatable bonds is 6. The van der Waals surface area contributed by atoms with E-state index in [1.54, 1.807) is 0 Å². The molecule has 0 radical (unpaired) electrons. The molecule has 1 aromatic heterocycles. The van der Waals surface area contributed by atoms with Crippen molar-refractivity contribution < 1.29 is 0 Å². The Bertz CT molecular complexity index is 930. The van der Waals surface area contributed by atoms with Crippen LogP contribution in [-0.2, 0) is 6.54 Å². The Labute approximate surface area is 190 Å². The van der Waals surface area contributed by atoms with E-state index in [9.17, 15) is 0 Å². The zero-order valence-corrected chi connectivity index (χ0v) is 19.3. The monoisotopic (exact) mass is 431 g/mol. The van der Waals surface area contributed by atoms with Crippen molar-refractivity contribution in [1.82, 2.24) is 9.80 Å². The van der Waals surface area contributed by atoms with Gasteiger partial charge in [0.1, 0.15) is 0 Å². The Morgan fingerprint density at radius 2 is 1.58 bits per heavy atom. The molecule has 4 heteroatoms. The molecule has 2 fully saturated rings. The Morgan fingerprint density at radius 1 is 0.806 bits per heavy atom. The number of nitrogens with zero attached hydrogens (tertiary/aromatic N) is 3. The molecule has 3 aromatic rings. The molecule has 162 valence electrons. The first-order valence-corrected chi connectivity index (χ1v) is 12.5. The standard InChI is InChI=1S/C27H33N3S/c1-22-9-11-23(12-10-22)27-21-29(20-26-8-5-17-31-26)19-24(27)18-28-13-15-30(16-14-28)25-6-3-2-4-7-25/h2-12,17,24,27H,13-16,18-21H2,1H3/t24-,27-/m1/s1. The first-order chi connectivity index (χ1) is 15.2. The van der Waals surface area contributed by atoms with Crippen LogP contribution >= 0.6 is 11.3 Å². The predicted octanol–water partition coefficient (Wildman–Crippen LogP) is 5.09. The van der Waals surface area contributed by atoms with Crippen LogP contribution in [0.15, 0.2) is 72.1 Å². The van der Waals surface area contributed by atoms with Gasteiger partial charge in [0.2, 0.25) is 0 Å². The molecule has 0 N–H and O–H groups in total. The summed E-state index contributed by atoms with van der Waals surface area (Å²) >= 11 is 1.89. The second-order valence-corrected chi connectivity index (χ2v) is 10.2. The molecule has 0 amide bonds. The molecule has 2 atom stereocenters. The van der Waals surface area contributed by atoms with Gasteiger partial charge >= 0.3 is 0 Å². The molecule has 2 aliphatic rings. The lowest BCUT2D eigenvalue weighted by atomic mass is 9.88. The molecule has 31 heavy (non-hydrogen) atoms. The fourth-order valence-electron chi connectivity index (χ4n) is 5.25. The van der Waals surface area contributed by atoms with Gasteiger partial charge < -0.3 is 4.90 Å². The summed E-state index contributed by atoms with van der Waals surface area (Å²) in [6.45, 7) is 11.5. The largest absolute Gasteiger partial charge is 0.369 e. The van der Waals surface area contributed by atoms with E-state index >= 15 is 0 Å². The summed E-state index contributed by atoms with van der Waals surface area (Å²) < 4.78 is 0. The molecule has 0 bridgehead atoms. The number of benzene rings is 2. The third-order valence-corrected chi connectivity index (χ3v) is 7.83. The third kappa shape index (κ3) is 5.03. The molecule has 0 spiro atoms. The van der Waals surface area contributed by atoms with Crippen LogP contribution in [0.1, 0.15) is 21.9 Å². The van der Waals surface area contributed by atoms with Gasteiger partial charge in [0.05, 0.1) is 0 Å². The van der Waals surface area contributed by atoms with E-state index in [-0.39, 0.29) is 0 Å². The SMILES string of the molecule is Cc1ccc([C@H]2CN(Cc3cccs3)C[C@H]2CN2CCN(c3ccccc3)CC2)cc1.